The lowest BCUT2D eigenvalue weighted by atomic mass is 9.97. The Labute approximate surface area is 150 Å². The zero-order valence-corrected chi connectivity index (χ0v) is 14.6. The molecule has 1 aliphatic rings. The van der Waals surface area contributed by atoms with Crippen molar-refractivity contribution in [2.24, 2.45) is 0 Å². The molecule has 3 aromatic heterocycles. The number of nitrogens with one attached hydrogen (secondary N) is 4. The molecule has 3 aromatic rings. The van der Waals surface area contributed by atoms with Crippen LogP contribution < -0.4 is 10.2 Å². The van der Waals surface area contributed by atoms with Crippen LogP contribution in [0.3, 0.4) is 0 Å². The number of nitrogens with zero attached hydrogens (tertiary/aromatic N) is 5. The number of H-pyrrole nitrogens is 2. The van der Waals surface area contributed by atoms with Gasteiger partial charge in [0.1, 0.15) is 17.3 Å². The lowest BCUT2D eigenvalue weighted by Crippen LogP contribution is -2.56. The van der Waals surface area contributed by atoms with Gasteiger partial charge < -0.3 is 20.6 Å². The van der Waals surface area contributed by atoms with Crippen LogP contribution in [0.2, 0.25) is 0 Å². The van der Waals surface area contributed by atoms with E-state index in [-0.39, 0.29) is 12.1 Å². The lowest BCUT2D eigenvalue weighted by Gasteiger charge is -2.43. The zero-order chi connectivity index (χ0) is 18.1. The molecule has 3 atom stereocenters. The normalized spacial score (nSPS) is 23.2. The fourth-order valence-corrected chi connectivity index (χ4v) is 3.41. The second kappa shape index (κ2) is 6.68. The fourth-order valence-electron chi connectivity index (χ4n) is 3.41. The van der Waals surface area contributed by atoms with E-state index in [4.69, 9.17) is 10.4 Å². The maximum Gasteiger partial charge on any atom is 0.148 e. The molecule has 4 N–H and O–H groups in total. The molecule has 3 unspecified atom stereocenters. The van der Waals surface area contributed by atoms with E-state index in [9.17, 15) is 0 Å². The van der Waals surface area contributed by atoms with Crippen molar-refractivity contribution in [2.45, 2.75) is 32.0 Å². The fraction of sp³-hybridized carbons (Fsp3) is 0.353. The summed E-state index contributed by atoms with van der Waals surface area (Å²) in [5, 5.41) is 17.9. The molecule has 0 bridgehead atoms. The molecule has 0 aliphatic carbocycles. The van der Waals surface area contributed by atoms with Gasteiger partial charge in [0.15, 0.2) is 0 Å². The molecule has 9 heteroatoms. The standard InChI is InChI=1S/C17H21N9/c1-10-9-26(11(2)17(23-10)12-4-21-22-5-12)16-8-19-6-13(25-16)14-7-20-15(3-18)24-14/h3-8,10-11,17-18,23H,9H2,1-2H3,(H,20,24)(H,21,22). The minimum absolute atomic E-state index is 0.152. The van der Waals surface area contributed by atoms with Crippen molar-refractivity contribution in [1.82, 2.24) is 35.5 Å². The van der Waals surface area contributed by atoms with Crippen LogP contribution in [0.4, 0.5) is 5.82 Å². The summed E-state index contributed by atoms with van der Waals surface area (Å²) < 4.78 is 0. The molecule has 9 nitrogen and oxygen atoms in total. The van der Waals surface area contributed by atoms with Crippen molar-refractivity contribution >= 4 is 12.0 Å². The summed E-state index contributed by atoms with van der Waals surface area (Å²) >= 11 is 0. The first-order valence-corrected chi connectivity index (χ1v) is 8.55. The Hall–Kier alpha value is -3.07. The molecule has 1 saturated heterocycles. The molecular formula is C17H21N9. The molecule has 4 rings (SSSR count). The second-order valence-corrected chi connectivity index (χ2v) is 6.56. The van der Waals surface area contributed by atoms with E-state index in [2.05, 4.69) is 49.2 Å². The van der Waals surface area contributed by atoms with Crippen molar-refractivity contribution in [2.75, 3.05) is 11.4 Å². The summed E-state index contributed by atoms with van der Waals surface area (Å²) in [6.45, 7) is 5.17. The molecule has 1 fully saturated rings. The number of hydrogen-bond acceptors (Lipinski definition) is 7. The van der Waals surface area contributed by atoms with Crippen molar-refractivity contribution < 1.29 is 0 Å². The van der Waals surface area contributed by atoms with Crippen LogP contribution in [0.25, 0.3) is 11.4 Å². The van der Waals surface area contributed by atoms with Crippen LogP contribution in [-0.2, 0) is 0 Å². The van der Waals surface area contributed by atoms with Crippen LogP contribution >= 0.6 is 0 Å². The van der Waals surface area contributed by atoms with E-state index < -0.39 is 0 Å². The highest BCUT2D eigenvalue weighted by Crippen LogP contribution is 2.29. The molecule has 0 amide bonds. The van der Waals surface area contributed by atoms with Gasteiger partial charge in [-0.3, -0.25) is 10.1 Å². The number of hydrogen-bond donors (Lipinski definition) is 4. The van der Waals surface area contributed by atoms with Crippen molar-refractivity contribution in [1.29, 1.82) is 5.41 Å². The van der Waals surface area contributed by atoms with Gasteiger partial charge in [-0.05, 0) is 13.8 Å². The average Bonchev–Trinajstić information content (AvgIpc) is 3.35. The number of piperazine rings is 1. The third-order valence-electron chi connectivity index (χ3n) is 4.71. The van der Waals surface area contributed by atoms with Crippen molar-refractivity contribution in [3.05, 3.63) is 42.4 Å². The van der Waals surface area contributed by atoms with E-state index in [1.165, 1.54) is 6.21 Å². The molecule has 0 radical (unpaired) electrons. The van der Waals surface area contributed by atoms with Gasteiger partial charge in [-0.25, -0.2) is 9.97 Å². The van der Waals surface area contributed by atoms with Crippen LogP contribution in [0, 0.1) is 5.41 Å². The van der Waals surface area contributed by atoms with Gasteiger partial charge in [-0.2, -0.15) is 5.10 Å². The second-order valence-electron chi connectivity index (χ2n) is 6.56. The van der Waals surface area contributed by atoms with Gasteiger partial charge in [0.05, 0.1) is 42.7 Å². The van der Waals surface area contributed by atoms with Gasteiger partial charge in [0.2, 0.25) is 0 Å². The van der Waals surface area contributed by atoms with E-state index in [0.29, 0.717) is 17.6 Å². The summed E-state index contributed by atoms with van der Waals surface area (Å²) in [6.07, 6.45) is 10.1. The Balaban J connectivity index is 1.65. The van der Waals surface area contributed by atoms with E-state index in [0.717, 1.165) is 23.6 Å². The summed E-state index contributed by atoms with van der Waals surface area (Å²) in [7, 11) is 0. The van der Waals surface area contributed by atoms with Gasteiger partial charge in [-0.15, -0.1) is 0 Å². The number of imidazole rings is 1. The number of aromatic amines is 2. The smallest absolute Gasteiger partial charge is 0.148 e. The maximum absolute atomic E-state index is 7.28. The minimum atomic E-state index is 0.152. The molecule has 0 saturated carbocycles. The summed E-state index contributed by atoms with van der Waals surface area (Å²) in [6, 6.07) is 0.639. The summed E-state index contributed by atoms with van der Waals surface area (Å²) in [4.78, 5) is 18.6. The topological polar surface area (TPSA) is 122 Å². The molecule has 4 heterocycles. The molecule has 1 aliphatic heterocycles. The Morgan fingerprint density at radius 3 is 2.85 bits per heavy atom. The number of aromatic nitrogens is 6. The summed E-state index contributed by atoms with van der Waals surface area (Å²) in [5.74, 6) is 1.32. The highest BCUT2D eigenvalue weighted by atomic mass is 15.3. The Bertz CT molecular complexity index is 885. The van der Waals surface area contributed by atoms with Crippen molar-refractivity contribution in [3.63, 3.8) is 0 Å². The highest BCUT2D eigenvalue weighted by Gasteiger charge is 2.33. The third kappa shape index (κ3) is 2.97. The van der Waals surface area contributed by atoms with Crippen LogP contribution in [0.1, 0.15) is 31.3 Å². The van der Waals surface area contributed by atoms with E-state index in [1.54, 1.807) is 18.6 Å². The Morgan fingerprint density at radius 2 is 2.12 bits per heavy atom. The third-order valence-corrected chi connectivity index (χ3v) is 4.71. The average molecular weight is 351 g/mol. The highest BCUT2D eigenvalue weighted by molar-refractivity contribution is 5.73. The van der Waals surface area contributed by atoms with Gasteiger partial charge >= 0.3 is 0 Å². The number of rotatable bonds is 4. The van der Waals surface area contributed by atoms with Crippen LogP contribution in [0.15, 0.2) is 31.0 Å². The van der Waals surface area contributed by atoms with Crippen LogP contribution in [-0.4, -0.2) is 55.0 Å². The van der Waals surface area contributed by atoms with E-state index >= 15 is 0 Å². The van der Waals surface area contributed by atoms with Crippen molar-refractivity contribution in [3.8, 4) is 11.4 Å². The molecule has 134 valence electrons. The zero-order valence-electron chi connectivity index (χ0n) is 14.6. The predicted octanol–water partition coefficient (Wildman–Crippen LogP) is 1.52. The molecule has 0 aromatic carbocycles. The van der Waals surface area contributed by atoms with Crippen LogP contribution in [0.5, 0.6) is 0 Å². The quantitative estimate of drug-likeness (QED) is 0.529. The minimum Gasteiger partial charge on any atom is -0.349 e. The summed E-state index contributed by atoms with van der Waals surface area (Å²) in [5.41, 5.74) is 2.59. The first kappa shape index (κ1) is 16.4. The maximum atomic E-state index is 7.28. The van der Waals surface area contributed by atoms with Gasteiger partial charge in [-0.1, -0.05) is 0 Å². The SMILES string of the molecule is CC1CN(c2cncc(-c3cnc(C=N)[nH]3)n2)C(C)C(c2cn[nH]c2)N1. The van der Waals surface area contributed by atoms with E-state index in [1.807, 2.05) is 12.4 Å². The first-order chi connectivity index (χ1) is 12.7. The Kier molecular flexibility index (Phi) is 4.21. The van der Waals surface area contributed by atoms with Gasteiger partial charge in [0.25, 0.3) is 0 Å². The predicted molar refractivity (Wildman–Crippen MR) is 98.2 cm³/mol. The molecule has 26 heavy (non-hydrogen) atoms. The van der Waals surface area contributed by atoms with Gasteiger partial charge in [0, 0.05) is 30.4 Å². The molecule has 0 spiro atoms. The lowest BCUT2D eigenvalue weighted by molar-refractivity contribution is 0.332. The monoisotopic (exact) mass is 351 g/mol. The first-order valence-electron chi connectivity index (χ1n) is 8.55. The molecular weight excluding hydrogens is 330 g/mol. The number of anilines is 1. The largest absolute Gasteiger partial charge is 0.349 e. The Morgan fingerprint density at radius 1 is 1.23 bits per heavy atom.